The zero-order valence-corrected chi connectivity index (χ0v) is 31.9. The summed E-state index contributed by atoms with van der Waals surface area (Å²) < 4.78 is 11.9. The molecule has 0 spiro atoms. The van der Waals surface area contributed by atoms with Crippen molar-refractivity contribution in [1.29, 1.82) is 0 Å². The molecule has 3 aromatic heterocycles. The van der Waals surface area contributed by atoms with Gasteiger partial charge >= 0.3 is 0 Å². The van der Waals surface area contributed by atoms with Gasteiger partial charge in [0.2, 0.25) is 0 Å². The van der Waals surface area contributed by atoms with E-state index in [0.717, 1.165) is 40.5 Å². The third-order valence-corrected chi connectivity index (χ3v) is 13.2. The van der Waals surface area contributed by atoms with Gasteiger partial charge in [0.25, 0.3) is 0 Å². The number of fused-ring (bicyclic) bond motifs is 9. The maximum atomic E-state index is 6.87. The number of thiophene rings is 1. The molecule has 2 unspecified atom stereocenters. The smallest absolute Gasteiger partial charge is 0.159 e. The van der Waals surface area contributed by atoms with Gasteiger partial charge in [0, 0.05) is 41.4 Å². The second-order valence-corrected chi connectivity index (χ2v) is 16.3. The quantitative estimate of drug-likeness (QED) is 0.164. The van der Waals surface area contributed by atoms with E-state index < -0.39 is 0 Å². The highest BCUT2D eigenvalue weighted by Crippen LogP contribution is 2.42. The van der Waals surface area contributed by atoms with Crippen molar-refractivity contribution in [1.82, 2.24) is 20.5 Å². The fourth-order valence-electron chi connectivity index (χ4n) is 9.48. The average Bonchev–Trinajstić information content (AvgIpc) is 3.96. The Hall–Kier alpha value is -6.28. The molecule has 274 valence electrons. The summed E-state index contributed by atoms with van der Waals surface area (Å²) in [5.74, 6) is 0. The van der Waals surface area contributed by atoms with E-state index in [9.17, 15) is 0 Å². The van der Waals surface area contributed by atoms with Crippen LogP contribution in [0.1, 0.15) is 36.3 Å². The van der Waals surface area contributed by atoms with Crippen molar-refractivity contribution < 1.29 is 4.42 Å². The molecule has 1 aliphatic carbocycles. The second-order valence-electron chi connectivity index (χ2n) is 15.2. The van der Waals surface area contributed by atoms with Gasteiger partial charge < -0.3 is 8.98 Å². The molecular formula is C51H38N4OS. The Morgan fingerprint density at radius 2 is 1.19 bits per heavy atom. The number of hydrogen-bond donors (Lipinski definition) is 3. The molecule has 5 nitrogen and oxygen atoms in total. The molecule has 3 N–H and O–H groups in total. The summed E-state index contributed by atoms with van der Waals surface area (Å²) in [7, 11) is 0. The Balaban J connectivity index is 1.03. The first kappa shape index (κ1) is 32.9. The van der Waals surface area contributed by atoms with E-state index in [1.807, 2.05) is 11.3 Å². The summed E-state index contributed by atoms with van der Waals surface area (Å²) in [6.07, 6.45) is 4.42. The number of nitrogens with zero attached hydrogens (tertiary/aromatic N) is 1. The third-order valence-electron chi connectivity index (χ3n) is 12.0. The van der Waals surface area contributed by atoms with Gasteiger partial charge in [-0.15, -0.1) is 11.3 Å². The molecular weight excluding hydrogens is 717 g/mol. The Morgan fingerprint density at radius 1 is 0.561 bits per heavy atom. The minimum absolute atomic E-state index is 0.00985. The standard InChI is InChI=1S/C51H38N4OS/c1-3-14-31(15-4-1)49-52-50(32-16-5-2-6-17-32)54-51(53-49)38-22-13-27-45-47(38)39-30-33(28-29-44(39)57-45)34-20-12-26-43-46(34)37-21-11-25-42(48(37)56-43)55-40-23-9-7-18-35(40)36-19-8-10-24-41(36)55/h1-12,14-21,23-30,49-54H,13,22H2. The Morgan fingerprint density at radius 3 is 1.91 bits per heavy atom. The molecule has 1 saturated heterocycles. The lowest BCUT2D eigenvalue weighted by Gasteiger charge is -2.40. The summed E-state index contributed by atoms with van der Waals surface area (Å²) in [6.45, 7) is 0. The predicted octanol–water partition coefficient (Wildman–Crippen LogP) is 10.8. The Labute approximate surface area is 333 Å². The Kier molecular flexibility index (Phi) is 7.60. The minimum Gasteiger partial charge on any atom is -0.454 e. The lowest BCUT2D eigenvalue weighted by atomic mass is 9.94. The number of hydrogen-bond acceptors (Lipinski definition) is 5. The van der Waals surface area contributed by atoms with Gasteiger partial charge in [0.15, 0.2) is 5.58 Å². The maximum Gasteiger partial charge on any atom is 0.159 e. The molecule has 6 heteroatoms. The zero-order valence-electron chi connectivity index (χ0n) is 31.1. The summed E-state index contributed by atoms with van der Waals surface area (Å²) in [5, 5.41) is 19.2. The van der Waals surface area contributed by atoms with Gasteiger partial charge in [-0.25, -0.2) is 0 Å². The van der Waals surface area contributed by atoms with Crippen LogP contribution in [0.2, 0.25) is 0 Å². The first-order valence-corrected chi connectivity index (χ1v) is 20.7. The first-order valence-electron chi connectivity index (χ1n) is 19.8. The van der Waals surface area contributed by atoms with Crippen molar-refractivity contribution in [3.8, 4) is 16.8 Å². The predicted molar refractivity (Wildman–Crippen MR) is 237 cm³/mol. The van der Waals surface area contributed by atoms with E-state index in [4.69, 9.17) is 4.42 Å². The van der Waals surface area contributed by atoms with Crippen molar-refractivity contribution in [2.45, 2.75) is 31.3 Å². The molecule has 0 saturated carbocycles. The lowest BCUT2D eigenvalue weighted by Crippen LogP contribution is -2.60. The van der Waals surface area contributed by atoms with E-state index in [0.29, 0.717) is 0 Å². The van der Waals surface area contributed by atoms with Gasteiger partial charge in [0.1, 0.15) is 5.58 Å². The number of benzene rings is 7. The van der Waals surface area contributed by atoms with Gasteiger partial charge in [-0.2, -0.15) is 0 Å². The number of rotatable bonds is 5. The molecule has 2 aliphatic rings. The van der Waals surface area contributed by atoms with Gasteiger partial charge in [-0.3, -0.25) is 16.0 Å². The van der Waals surface area contributed by atoms with E-state index in [2.05, 4.69) is 190 Å². The molecule has 1 aliphatic heterocycles. The van der Waals surface area contributed by atoms with Crippen LogP contribution in [-0.4, -0.2) is 10.7 Å². The summed E-state index contributed by atoms with van der Waals surface area (Å²) >= 11 is 1.91. The van der Waals surface area contributed by atoms with Crippen LogP contribution in [-0.2, 0) is 0 Å². The van der Waals surface area contributed by atoms with Crippen molar-refractivity contribution in [2.24, 2.45) is 0 Å². The molecule has 0 bridgehead atoms. The number of furan rings is 1. The van der Waals surface area contributed by atoms with E-state index >= 15 is 0 Å². The van der Waals surface area contributed by atoms with E-state index in [1.54, 1.807) is 0 Å². The van der Waals surface area contributed by atoms with Crippen LogP contribution in [0.15, 0.2) is 168 Å². The summed E-state index contributed by atoms with van der Waals surface area (Å²) in [6, 6.07) is 58.9. The van der Waals surface area contributed by atoms with Crippen LogP contribution >= 0.6 is 11.3 Å². The molecule has 0 amide bonds. The summed E-state index contributed by atoms with van der Waals surface area (Å²) in [4.78, 5) is 0. The van der Waals surface area contributed by atoms with E-state index in [-0.39, 0.29) is 18.5 Å². The topological polar surface area (TPSA) is 54.2 Å². The minimum atomic E-state index is -0.0175. The SMILES string of the molecule is C1=c2sc3ccc(-c4cccc5oc6c(-n7c8ccccc8c8ccccc87)cccc6c45)cc3c2=C(C2NC(c3ccccc3)NC(c3ccccc3)N2)CC1. The van der Waals surface area contributed by atoms with E-state index in [1.165, 1.54) is 69.5 Å². The highest BCUT2D eigenvalue weighted by molar-refractivity contribution is 7.17. The number of nitrogens with one attached hydrogen (secondary N) is 3. The normalized spacial score (nSPS) is 18.5. The molecule has 10 aromatic rings. The van der Waals surface area contributed by atoms with Crippen LogP contribution in [0.25, 0.3) is 82.3 Å². The monoisotopic (exact) mass is 754 g/mol. The fraction of sp³-hybridized carbons (Fsp3) is 0.0980. The molecule has 7 aromatic carbocycles. The largest absolute Gasteiger partial charge is 0.454 e. The summed E-state index contributed by atoms with van der Waals surface area (Å²) in [5.41, 5.74) is 11.4. The van der Waals surface area contributed by atoms with Crippen molar-refractivity contribution >= 4 is 76.8 Å². The van der Waals surface area contributed by atoms with Crippen LogP contribution in [0.4, 0.5) is 0 Å². The second kappa shape index (κ2) is 13.2. The maximum absolute atomic E-state index is 6.87. The average molecular weight is 755 g/mol. The van der Waals surface area contributed by atoms with Crippen LogP contribution in [0.5, 0.6) is 0 Å². The zero-order chi connectivity index (χ0) is 37.5. The van der Waals surface area contributed by atoms with Gasteiger partial charge in [-0.1, -0.05) is 133 Å². The molecule has 12 rings (SSSR count). The molecule has 4 heterocycles. The Bertz CT molecular complexity index is 3210. The lowest BCUT2D eigenvalue weighted by molar-refractivity contribution is 0.231. The van der Waals surface area contributed by atoms with Gasteiger partial charge in [-0.05, 0) is 77.1 Å². The van der Waals surface area contributed by atoms with Crippen LogP contribution < -0.4 is 25.7 Å². The molecule has 0 radical (unpaired) electrons. The molecule has 1 fully saturated rings. The third kappa shape index (κ3) is 5.26. The first-order chi connectivity index (χ1) is 28.3. The number of para-hydroxylation sites is 3. The fourth-order valence-corrected chi connectivity index (χ4v) is 10.7. The van der Waals surface area contributed by atoms with Crippen LogP contribution in [0.3, 0.4) is 0 Å². The highest BCUT2D eigenvalue weighted by atomic mass is 32.1. The van der Waals surface area contributed by atoms with Crippen molar-refractivity contribution in [3.05, 3.63) is 185 Å². The number of aromatic nitrogens is 1. The molecule has 2 atom stereocenters. The highest BCUT2D eigenvalue weighted by Gasteiger charge is 2.32. The van der Waals surface area contributed by atoms with Crippen LogP contribution in [0, 0.1) is 0 Å². The van der Waals surface area contributed by atoms with Crippen molar-refractivity contribution in [3.63, 3.8) is 0 Å². The van der Waals surface area contributed by atoms with Gasteiger partial charge in [0.05, 0.1) is 35.2 Å². The molecule has 57 heavy (non-hydrogen) atoms. The van der Waals surface area contributed by atoms with Crippen molar-refractivity contribution in [2.75, 3.05) is 0 Å².